The summed E-state index contributed by atoms with van der Waals surface area (Å²) in [4.78, 5) is 56.6. The van der Waals surface area contributed by atoms with Gasteiger partial charge in [0, 0.05) is 33.4 Å². The third-order valence-corrected chi connectivity index (χ3v) is 10.0. The number of amides is 2. The van der Waals surface area contributed by atoms with Crippen molar-refractivity contribution >= 4 is 61.4 Å². The lowest BCUT2D eigenvalue weighted by atomic mass is 9.59. The number of rotatable bonds is 3. The lowest BCUT2D eigenvalue weighted by Crippen LogP contribution is -2.39. The van der Waals surface area contributed by atoms with Crippen LogP contribution in [0.1, 0.15) is 29.2 Å². The maximum atomic E-state index is 13.9. The zero-order valence-electron chi connectivity index (χ0n) is 20.6. The number of aromatic hydroxyl groups is 1. The second-order valence-corrected chi connectivity index (χ2v) is 12.3. The molecular formula is C31H22BrNO5S. The highest BCUT2D eigenvalue weighted by Gasteiger charge is 2.56. The minimum absolute atomic E-state index is 0.128. The molecule has 1 saturated heterocycles. The van der Waals surface area contributed by atoms with Crippen LogP contribution in [0.3, 0.4) is 0 Å². The molecule has 3 aliphatic carbocycles. The van der Waals surface area contributed by atoms with E-state index in [0.717, 1.165) is 21.4 Å². The number of phenols is 1. The number of benzene rings is 2. The quantitative estimate of drug-likeness (QED) is 0.241. The lowest BCUT2D eigenvalue weighted by Gasteiger charge is -2.42. The first kappa shape index (κ1) is 24.4. The van der Waals surface area contributed by atoms with E-state index < -0.39 is 17.8 Å². The van der Waals surface area contributed by atoms with Gasteiger partial charge in [-0.15, -0.1) is 11.3 Å². The van der Waals surface area contributed by atoms with Crippen LogP contribution in [0.4, 0.5) is 0 Å². The minimum atomic E-state index is -0.593. The Hall–Kier alpha value is -3.62. The average Bonchev–Trinajstić information content (AvgIpc) is 3.54. The van der Waals surface area contributed by atoms with Crippen LogP contribution in [-0.2, 0) is 25.7 Å². The second-order valence-electron chi connectivity index (χ2n) is 10.5. The highest BCUT2D eigenvalue weighted by molar-refractivity contribution is 9.12. The van der Waals surface area contributed by atoms with Gasteiger partial charge in [0.1, 0.15) is 5.75 Å². The molecule has 2 heterocycles. The van der Waals surface area contributed by atoms with Crippen molar-refractivity contribution in [3.63, 3.8) is 0 Å². The summed E-state index contributed by atoms with van der Waals surface area (Å²) >= 11 is 4.78. The Morgan fingerprint density at radius 1 is 0.949 bits per heavy atom. The van der Waals surface area contributed by atoms with Crippen LogP contribution in [0.5, 0.6) is 5.75 Å². The number of Topliss-reactive ketones (excluding diaryl/α,β-unsaturated/α-hetero) is 1. The van der Waals surface area contributed by atoms with Crippen LogP contribution in [0.15, 0.2) is 87.3 Å². The summed E-state index contributed by atoms with van der Waals surface area (Å²) in [5, 5.41) is 13.9. The summed E-state index contributed by atoms with van der Waals surface area (Å²) < 4.78 is 0.202. The summed E-state index contributed by atoms with van der Waals surface area (Å²) in [5.41, 5.74) is 2.52. The van der Waals surface area contributed by atoms with Gasteiger partial charge in [0.15, 0.2) is 11.6 Å². The number of thiophene rings is 1. The molecule has 2 aromatic carbocycles. The zero-order valence-corrected chi connectivity index (χ0v) is 23.0. The van der Waals surface area contributed by atoms with E-state index >= 15 is 0 Å². The number of nitrogens with zero attached hydrogens (tertiary/aromatic N) is 1. The van der Waals surface area contributed by atoms with Crippen LogP contribution in [0.25, 0.3) is 10.8 Å². The molecule has 4 aliphatic rings. The SMILES string of the molecule is O=C1C=C(Br)C(=O)C2=C1[C@@H](c1ccc(O)c3ccccc13)C1=CC[C@@H]3C(=O)N(Cc4cccs4)C(=O)[C@@H]3[C@@H]1C2. The van der Waals surface area contributed by atoms with E-state index in [0.29, 0.717) is 23.0 Å². The molecule has 6 nitrogen and oxygen atoms in total. The number of carbonyl (C=O) groups is 4. The predicted molar refractivity (Wildman–Crippen MR) is 150 cm³/mol. The molecule has 1 aliphatic heterocycles. The summed E-state index contributed by atoms with van der Waals surface area (Å²) in [6, 6.07) is 14.7. The zero-order chi connectivity index (χ0) is 27.0. The van der Waals surface area contributed by atoms with Crippen molar-refractivity contribution in [2.24, 2.45) is 17.8 Å². The smallest absolute Gasteiger partial charge is 0.234 e. The van der Waals surface area contributed by atoms with Gasteiger partial charge in [-0.05, 0) is 63.2 Å². The van der Waals surface area contributed by atoms with E-state index in [1.807, 2.05) is 47.9 Å². The number of imide groups is 1. The molecule has 2 amide bonds. The predicted octanol–water partition coefficient (Wildman–Crippen LogP) is 5.57. The number of likely N-dealkylation sites (tertiary alicyclic amines) is 1. The number of phenolic OH excluding ortho intramolecular Hbond substituents is 1. The molecule has 8 heteroatoms. The van der Waals surface area contributed by atoms with Gasteiger partial charge < -0.3 is 5.11 Å². The molecule has 0 bridgehead atoms. The first-order valence-corrected chi connectivity index (χ1v) is 14.5. The Balaban J connectivity index is 1.40. The molecular weight excluding hydrogens is 578 g/mol. The van der Waals surface area contributed by atoms with Crippen molar-refractivity contribution < 1.29 is 24.3 Å². The van der Waals surface area contributed by atoms with Crippen molar-refractivity contribution in [1.82, 2.24) is 4.90 Å². The molecule has 7 rings (SSSR count). The van der Waals surface area contributed by atoms with Gasteiger partial charge in [-0.25, -0.2) is 0 Å². The molecule has 3 aromatic rings. The topological polar surface area (TPSA) is 91.8 Å². The number of allylic oxidation sites excluding steroid dienone is 6. The van der Waals surface area contributed by atoms with E-state index in [4.69, 9.17) is 0 Å². The molecule has 1 aromatic heterocycles. The minimum Gasteiger partial charge on any atom is -0.507 e. The van der Waals surface area contributed by atoms with Crippen LogP contribution >= 0.6 is 27.3 Å². The molecule has 39 heavy (non-hydrogen) atoms. The lowest BCUT2D eigenvalue weighted by molar-refractivity contribution is -0.140. The number of ketones is 2. The standard InChI is InChI=1S/C31H22BrNO5S/c32-23-13-25(35)28-22(29(23)36)12-21-19(26(28)18-9-10-24(34)17-6-2-1-5-16(17)18)7-8-20-27(21)31(38)33(30(20)37)14-15-4-3-11-39-15/h1-7,9-11,13,20-21,26-27,34H,8,12,14H2/t20-,21+,26-,27-/m0/s1. The normalized spacial score (nSPS) is 26.4. The third-order valence-electron chi connectivity index (χ3n) is 8.56. The monoisotopic (exact) mass is 599 g/mol. The van der Waals surface area contributed by atoms with Crippen molar-refractivity contribution in [3.05, 3.63) is 97.7 Å². The van der Waals surface area contributed by atoms with E-state index in [1.165, 1.54) is 22.3 Å². The average molecular weight is 600 g/mol. The van der Waals surface area contributed by atoms with Gasteiger partial charge in [0.2, 0.25) is 11.8 Å². The number of hydrogen-bond acceptors (Lipinski definition) is 6. The summed E-state index contributed by atoms with van der Waals surface area (Å²) in [6.07, 6.45) is 3.98. The Morgan fingerprint density at radius 2 is 1.74 bits per heavy atom. The number of hydrogen-bond donors (Lipinski definition) is 1. The fourth-order valence-corrected chi connectivity index (χ4v) is 8.04. The highest BCUT2D eigenvalue weighted by Crippen LogP contribution is 2.56. The van der Waals surface area contributed by atoms with Gasteiger partial charge >= 0.3 is 0 Å². The maximum absolute atomic E-state index is 13.9. The van der Waals surface area contributed by atoms with E-state index in [1.54, 1.807) is 12.1 Å². The number of carbonyl (C=O) groups excluding carboxylic acids is 4. The fourth-order valence-electron chi connectivity index (χ4n) is 6.90. The van der Waals surface area contributed by atoms with Crippen LogP contribution in [0.2, 0.25) is 0 Å². The van der Waals surface area contributed by atoms with Crippen molar-refractivity contribution in [2.75, 3.05) is 0 Å². The molecule has 1 N–H and O–H groups in total. The molecule has 0 spiro atoms. The fraction of sp³-hybridized carbons (Fsp3) is 0.226. The van der Waals surface area contributed by atoms with E-state index in [-0.39, 0.29) is 52.5 Å². The Kier molecular flexibility index (Phi) is 5.61. The Bertz CT molecular complexity index is 1720. The van der Waals surface area contributed by atoms with Crippen LogP contribution < -0.4 is 0 Å². The van der Waals surface area contributed by atoms with Crippen molar-refractivity contribution in [1.29, 1.82) is 0 Å². The summed E-state index contributed by atoms with van der Waals surface area (Å²) in [6.45, 7) is 0.246. The maximum Gasteiger partial charge on any atom is 0.234 e. The molecule has 4 atom stereocenters. The van der Waals surface area contributed by atoms with E-state index in [2.05, 4.69) is 15.9 Å². The first-order valence-electron chi connectivity index (χ1n) is 12.8. The van der Waals surface area contributed by atoms with Crippen LogP contribution in [0, 0.1) is 17.8 Å². The molecule has 0 radical (unpaired) electrons. The number of halogens is 1. The van der Waals surface area contributed by atoms with Gasteiger partial charge in [-0.2, -0.15) is 0 Å². The largest absolute Gasteiger partial charge is 0.507 e. The van der Waals surface area contributed by atoms with Gasteiger partial charge in [0.05, 0.1) is 22.9 Å². The van der Waals surface area contributed by atoms with Crippen molar-refractivity contribution in [2.45, 2.75) is 25.3 Å². The van der Waals surface area contributed by atoms with Gasteiger partial charge in [0.25, 0.3) is 0 Å². The summed E-state index contributed by atoms with van der Waals surface area (Å²) in [5.74, 6) is -2.79. The summed E-state index contributed by atoms with van der Waals surface area (Å²) in [7, 11) is 0. The second kappa shape index (κ2) is 8.96. The van der Waals surface area contributed by atoms with Crippen molar-refractivity contribution in [3.8, 4) is 5.75 Å². The van der Waals surface area contributed by atoms with Gasteiger partial charge in [-0.1, -0.05) is 48.0 Å². The molecule has 0 unspecified atom stereocenters. The third kappa shape index (κ3) is 3.58. The first-order chi connectivity index (χ1) is 18.8. The van der Waals surface area contributed by atoms with E-state index in [9.17, 15) is 24.3 Å². The Labute approximate surface area is 236 Å². The van der Waals surface area contributed by atoms with Gasteiger partial charge in [-0.3, -0.25) is 24.1 Å². The Morgan fingerprint density at radius 3 is 2.51 bits per heavy atom. The molecule has 1 fully saturated rings. The number of fused-ring (bicyclic) bond motifs is 4. The highest BCUT2D eigenvalue weighted by atomic mass is 79.9. The van der Waals surface area contributed by atoms with Crippen LogP contribution in [-0.4, -0.2) is 33.4 Å². The molecule has 0 saturated carbocycles. The molecule has 194 valence electrons.